The van der Waals surface area contributed by atoms with E-state index in [4.69, 9.17) is 42.1 Å². The molecule has 0 aromatic heterocycles. The van der Waals surface area contributed by atoms with Gasteiger partial charge in [0.25, 0.3) is 0 Å². The third-order valence-corrected chi connectivity index (χ3v) is 0. The Labute approximate surface area is 63.9 Å². The van der Waals surface area contributed by atoms with Gasteiger partial charge in [-0.15, -0.1) is 0 Å². The van der Waals surface area contributed by atoms with Crippen molar-refractivity contribution in [2.45, 2.75) is 0 Å². The van der Waals surface area contributed by atoms with Crippen LogP contribution in [0.5, 0.6) is 0 Å². The molecule has 0 aliphatic carbocycles. The van der Waals surface area contributed by atoms with Gasteiger partial charge in [-0.1, -0.05) is 0 Å². The number of hydrogen-bond acceptors (Lipinski definition) is 8. The first kappa shape index (κ1) is 34.4. The number of hydrogen-bond donors (Lipinski definition) is 8. The Morgan fingerprint density at radius 3 is 0.333 bits per heavy atom. The van der Waals surface area contributed by atoms with Crippen LogP contribution in [-0.2, 0) is 21.1 Å². The summed E-state index contributed by atoms with van der Waals surface area (Å²) in [6.45, 7) is 0. The largest absolute Gasteiger partial charge is 0.255 e. The summed E-state index contributed by atoms with van der Waals surface area (Å²) in [6.07, 6.45) is 0. The molecule has 8 nitrogen and oxygen atoms in total. The van der Waals surface area contributed by atoms with Crippen LogP contribution < -0.4 is 0 Å². The summed E-state index contributed by atoms with van der Waals surface area (Å²) in [5.41, 5.74) is 0. The van der Waals surface area contributed by atoms with Crippen LogP contribution in [-0.4, -0.2) is 42.1 Å². The normalized spacial score (nSPS) is 2.67. The third kappa shape index (κ3) is 2500. The van der Waals surface area contributed by atoms with Crippen molar-refractivity contribution < 1.29 is 63.1 Å². The summed E-state index contributed by atoms with van der Waals surface area (Å²) < 4.78 is 0. The summed E-state index contributed by atoms with van der Waals surface area (Å²) in [7, 11) is 0. The molecule has 0 aromatic carbocycles. The minimum atomic E-state index is 0. The van der Waals surface area contributed by atoms with E-state index in [-0.39, 0.29) is 21.1 Å². The molecule has 0 saturated heterocycles. The summed E-state index contributed by atoms with van der Waals surface area (Å²) in [5.74, 6) is 0. The molecular formula is H8MoO8. The third-order valence-electron chi connectivity index (χ3n) is 0. The Morgan fingerprint density at radius 2 is 0.333 bits per heavy atom. The minimum Gasteiger partial charge on any atom is -0.255 e. The van der Waals surface area contributed by atoms with E-state index in [9.17, 15) is 0 Å². The van der Waals surface area contributed by atoms with Gasteiger partial charge in [0.2, 0.25) is 0 Å². The maximum absolute atomic E-state index is 6.00. The average molecular weight is 232 g/mol. The Hall–Kier alpha value is 0.368. The standard InChI is InChI=1S/Mo.4H2O2/c;4*1-2/h;4*1-2H. The van der Waals surface area contributed by atoms with Gasteiger partial charge in [-0.2, -0.15) is 0 Å². The van der Waals surface area contributed by atoms with Gasteiger partial charge in [0, 0.05) is 21.1 Å². The van der Waals surface area contributed by atoms with E-state index < -0.39 is 0 Å². The molecule has 9 heteroatoms. The molecule has 62 valence electrons. The Morgan fingerprint density at radius 1 is 0.333 bits per heavy atom. The van der Waals surface area contributed by atoms with Gasteiger partial charge in [0.15, 0.2) is 0 Å². The van der Waals surface area contributed by atoms with Crippen LogP contribution in [0.2, 0.25) is 0 Å². The molecule has 0 aliphatic rings. The second kappa shape index (κ2) is 3350. The predicted octanol–water partition coefficient (Wildman–Crippen LogP) is 0.0671. The van der Waals surface area contributed by atoms with Crippen LogP contribution in [0.1, 0.15) is 0 Å². The molecule has 0 aromatic rings. The molecule has 0 spiro atoms. The summed E-state index contributed by atoms with van der Waals surface area (Å²) in [5, 5.41) is 48.0. The first-order chi connectivity index (χ1) is 4.00. The topological polar surface area (TPSA) is 162 Å². The summed E-state index contributed by atoms with van der Waals surface area (Å²) in [6, 6.07) is 0. The van der Waals surface area contributed by atoms with Crippen molar-refractivity contribution in [3.8, 4) is 0 Å². The van der Waals surface area contributed by atoms with Crippen molar-refractivity contribution in [3.63, 3.8) is 0 Å². The van der Waals surface area contributed by atoms with E-state index in [2.05, 4.69) is 0 Å². The first-order valence-corrected chi connectivity index (χ1v) is 0.800. The van der Waals surface area contributed by atoms with Crippen LogP contribution in [0.25, 0.3) is 0 Å². The van der Waals surface area contributed by atoms with Crippen molar-refractivity contribution in [2.75, 3.05) is 0 Å². The fourth-order valence-corrected chi connectivity index (χ4v) is 0. The van der Waals surface area contributed by atoms with E-state index in [0.717, 1.165) is 0 Å². The monoisotopic (exact) mass is 234 g/mol. The second-order valence-corrected chi connectivity index (χ2v) is 0. The maximum Gasteiger partial charge on any atom is 0 e. The van der Waals surface area contributed by atoms with Crippen molar-refractivity contribution in [2.24, 2.45) is 0 Å². The predicted molar refractivity (Wildman–Crippen MR) is 21.0 cm³/mol. The molecule has 8 N–H and O–H groups in total. The second-order valence-electron chi connectivity index (χ2n) is 0. The van der Waals surface area contributed by atoms with E-state index in [1.54, 1.807) is 0 Å². The van der Waals surface area contributed by atoms with Crippen LogP contribution in [0.3, 0.4) is 0 Å². The van der Waals surface area contributed by atoms with Crippen molar-refractivity contribution in [1.82, 2.24) is 0 Å². The zero-order valence-corrected chi connectivity index (χ0v) is 5.99. The van der Waals surface area contributed by atoms with E-state index in [1.807, 2.05) is 0 Å². The maximum atomic E-state index is 6.00. The minimum absolute atomic E-state index is 0. The fourth-order valence-electron chi connectivity index (χ4n) is 0. The Bertz CT molecular complexity index is 4.53. The van der Waals surface area contributed by atoms with Crippen molar-refractivity contribution in [1.29, 1.82) is 0 Å². The van der Waals surface area contributed by atoms with Gasteiger partial charge >= 0.3 is 0 Å². The van der Waals surface area contributed by atoms with Gasteiger partial charge in [-0.05, 0) is 0 Å². The van der Waals surface area contributed by atoms with Crippen LogP contribution in [0.4, 0.5) is 0 Å². The molecule has 0 atom stereocenters. The summed E-state index contributed by atoms with van der Waals surface area (Å²) in [4.78, 5) is 0. The summed E-state index contributed by atoms with van der Waals surface area (Å²) >= 11 is 0. The molecule has 0 heterocycles. The van der Waals surface area contributed by atoms with Crippen LogP contribution >= 0.6 is 0 Å². The molecule has 9 heavy (non-hydrogen) atoms. The Kier molecular flexibility index (Phi) is 12800. The zero-order valence-electron chi connectivity index (χ0n) is 3.99. The molecular weight excluding hydrogens is 224 g/mol. The van der Waals surface area contributed by atoms with E-state index in [1.165, 1.54) is 0 Å². The molecule has 0 fully saturated rings. The van der Waals surface area contributed by atoms with Crippen molar-refractivity contribution in [3.05, 3.63) is 0 Å². The molecule has 0 rings (SSSR count). The molecule has 0 amide bonds. The van der Waals surface area contributed by atoms with E-state index in [0.29, 0.717) is 0 Å². The average Bonchev–Trinajstić information content (AvgIpc) is 2.03. The van der Waals surface area contributed by atoms with Gasteiger partial charge in [-0.25, -0.2) is 0 Å². The van der Waals surface area contributed by atoms with Gasteiger partial charge < -0.3 is 0 Å². The molecule has 0 saturated carbocycles. The molecule has 0 radical (unpaired) electrons. The Balaban J connectivity index is -0.00000000762. The zero-order chi connectivity index (χ0) is 8.00. The molecule has 0 bridgehead atoms. The fraction of sp³-hybridized carbons (Fsp3) is 0. The SMILES string of the molecule is OO.OO.OO.OO.[Mo]. The van der Waals surface area contributed by atoms with Gasteiger partial charge in [-0.3, -0.25) is 42.1 Å². The molecule has 0 unspecified atom stereocenters. The first-order valence-electron chi connectivity index (χ1n) is 0.800. The quantitative estimate of drug-likeness (QED) is 0.165. The van der Waals surface area contributed by atoms with Crippen LogP contribution in [0, 0.1) is 0 Å². The van der Waals surface area contributed by atoms with Crippen LogP contribution in [0.15, 0.2) is 0 Å². The smallest absolute Gasteiger partial charge is 0 e. The number of rotatable bonds is 0. The van der Waals surface area contributed by atoms with Crippen molar-refractivity contribution >= 4 is 0 Å². The van der Waals surface area contributed by atoms with E-state index >= 15 is 0 Å². The van der Waals surface area contributed by atoms with Gasteiger partial charge in [0.1, 0.15) is 0 Å². The van der Waals surface area contributed by atoms with Gasteiger partial charge in [0.05, 0.1) is 0 Å². The molecule has 0 aliphatic heterocycles.